The van der Waals surface area contributed by atoms with E-state index in [9.17, 15) is 9.59 Å². The summed E-state index contributed by atoms with van der Waals surface area (Å²) in [4.78, 5) is 24.6. The average molecular weight is 286 g/mol. The van der Waals surface area contributed by atoms with Crippen molar-refractivity contribution in [3.63, 3.8) is 0 Å². The molecule has 4 heteroatoms. The van der Waals surface area contributed by atoms with Crippen LogP contribution in [0.15, 0.2) is 36.4 Å². The highest BCUT2D eigenvalue weighted by Crippen LogP contribution is 2.24. The smallest absolute Gasteiger partial charge is 0.294 e. The molecular weight excluding hydrogens is 264 g/mol. The molecule has 0 spiro atoms. The average Bonchev–Trinajstić information content (AvgIpc) is 2.48. The van der Waals surface area contributed by atoms with E-state index in [2.05, 4.69) is 23.5 Å². The number of urea groups is 1. The molecule has 1 N–H and O–H groups in total. The number of carbonyl (C=O) groups excluding carboxylic acids is 2. The molecule has 3 amide bonds. The highest BCUT2D eigenvalue weighted by molar-refractivity contribution is 6.06. The zero-order valence-corrected chi connectivity index (χ0v) is 12.6. The summed E-state index contributed by atoms with van der Waals surface area (Å²) >= 11 is 0. The van der Waals surface area contributed by atoms with Crippen LogP contribution in [-0.4, -0.2) is 18.5 Å². The summed E-state index contributed by atoms with van der Waals surface area (Å²) in [5.74, 6) is -0.210. The highest BCUT2D eigenvalue weighted by Gasteiger charge is 2.24. The predicted octanol–water partition coefficient (Wildman–Crippen LogP) is 3.87. The number of amides is 3. The first-order chi connectivity index (χ1) is 10.1. The van der Waals surface area contributed by atoms with Gasteiger partial charge >= 0.3 is 6.03 Å². The molecule has 0 unspecified atom stereocenters. The molecule has 0 bridgehead atoms. The van der Waals surface area contributed by atoms with Crippen molar-refractivity contribution < 1.29 is 11.0 Å². The summed E-state index contributed by atoms with van der Waals surface area (Å²) in [6.45, 7) is 6.47. The quantitative estimate of drug-likeness (QED) is 0.865. The Kier molecular flexibility index (Phi) is 4.58. The number of imide groups is 1. The SMILES string of the molecule is CC.Cc1ccc2ccc(N3CCC(=O)NC3=O)cc2c1.[HH]. The van der Waals surface area contributed by atoms with Crippen molar-refractivity contribution in [2.75, 3.05) is 11.4 Å². The van der Waals surface area contributed by atoms with Gasteiger partial charge in [0, 0.05) is 20.1 Å². The van der Waals surface area contributed by atoms with Gasteiger partial charge < -0.3 is 0 Å². The molecule has 0 aliphatic carbocycles. The fraction of sp³-hybridized carbons (Fsp3) is 0.294. The molecule has 112 valence electrons. The maximum atomic E-state index is 11.8. The van der Waals surface area contributed by atoms with Gasteiger partial charge in [0.25, 0.3) is 0 Å². The zero-order valence-electron chi connectivity index (χ0n) is 12.6. The summed E-state index contributed by atoms with van der Waals surface area (Å²) < 4.78 is 0. The maximum Gasteiger partial charge on any atom is 0.328 e. The predicted molar refractivity (Wildman–Crippen MR) is 87.6 cm³/mol. The van der Waals surface area contributed by atoms with Crippen molar-refractivity contribution in [3.8, 4) is 0 Å². The largest absolute Gasteiger partial charge is 0.328 e. The van der Waals surface area contributed by atoms with Crippen LogP contribution in [0, 0.1) is 6.92 Å². The lowest BCUT2D eigenvalue weighted by atomic mass is 10.1. The van der Waals surface area contributed by atoms with Crippen LogP contribution in [0.3, 0.4) is 0 Å². The number of benzene rings is 2. The molecule has 0 radical (unpaired) electrons. The Morgan fingerprint density at radius 1 is 1.05 bits per heavy atom. The Balaban J connectivity index is 0.000000775. The lowest BCUT2D eigenvalue weighted by Gasteiger charge is -2.26. The fourth-order valence-electron chi connectivity index (χ4n) is 2.33. The van der Waals surface area contributed by atoms with Gasteiger partial charge in [0.15, 0.2) is 0 Å². The summed E-state index contributed by atoms with van der Waals surface area (Å²) in [6.07, 6.45) is 0.345. The van der Waals surface area contributed by atoms with Gasteiger partial charge in [-0.25, -0.2) is 4.79 Å². The number of rotatable bonds is 1. The number of nitrogens with zero attached hydrogens (tertiary/aromatic N) is 1. The molecule has 0 aromatic heterocycles. The molecule has 2 aromatic carbocycles. The molecule has 0 saturated carbocycles. The van der Waals surface area contributed by atoms with Gasteiger partial charge in [0.2, 0.25) is 5.91 Å². The van der Waals surface area contributed by atoms with Crippen LogP contribution in [-0.2, 0) is 4.79 Å². The van der Waals surface area contributed by atoms with Crippen molar-refractivity contribution in [1.29, 1.82) is 0 Å². The second kappa shape index (κ2) is 6.39. The van der Waals surface area contributed by atoms with Crippen LogP contribution in [0.4, 0.5) is 10.5 Å². The minimum absolute atomic E-state index is 0. The van der Waals surface area contributed by atoms with Crippen LogP contribution in [0.25, 0.3) is 10.8 Å². The van der Waals surface area contributed by atoms with Gasteiger partial charge in [-0.15, -0.1) is 0 Å². The minimum atomic E-state index is -0.344. The van der Waals surface area contributed by atoms with Crippen molar-refractivity contribution in [3.05, 3.63) is 42.0 Å². The first-order valence-corrected chi connectivity index (χ1v) is 7.25. The number of aryl methyl sites for hydroxylation is 1. The van der Waals surface area contributed by atoms with Crippen molar-refractivity contribution >= 4 is 28.4 Å². The van der Waals surface area contributed by atoms with E-state index in [0.717, 1.165) is 16.5 Å². The van der Waals surface area contributed by atoms with Crippen LogP contribution in [0.1, 0.15) is 27.3 Å². The van der Waals surface area contributed by atoms with Crippen LogP contribution >= 0.6 is 0 Å². The molecule has 3 rings (SSSR count). The number of hydrogen-bond donors (Lipinski definition) is 1. The Bertz CT molecular complexity index is 685. The topological polar surface area (TPSA) is 49.4 Å². The van der Waals surface area contributed by atoms with E-state index in [0.29, 0.717) is 13.0 Å². The molecule has 1 saturated heterocycles. The van der Waals surface area contributed by atoms with Gasteiger partial charge in [-0.1, -0.05) is 43.7 Å². The Hall–Kier alpha value is -2.36. The fourth-order valence-corrected chi connectivity index (χ4v) is 2.33. The van der Waals surface area contributed by atoms with Crippen molar-refractivity contribution in [2.45, 2.75) is 27.2 Å². The van der Waals surface area contributed by atoms with Crippen LogP contribution < -0.4 is 10.2 Å². The lowest BCUT2D eigenvalue weighted by molar-refractivity contribution is -0.120. The number of hydrogen-bond acceptors (Lipinski definition) is 2. The van der Waals surface area contributed by atoms with Gasteiger partial charge in [-0.3, -0.25) is 15.0 Å². The number of anilines is 1. The van der Waals surface area contributed by atoms with Gasteiger partial charge in [-0.2, -0.15) is 0 Å². The summed E-state index contributed by atoms with van der Waals surface area (Å²) in [7, 11) is 0. The number of carbonyl (C=O) groups is 2. The van der Waals surface area contributed by atoms with Gasteiger partial charge in [0.1, 0.15) is 0 Å². The van der Waals surface area contributed by atoms with E-state index in [4.69, 9.17) is 0 Å². The van der Waals surface area contributed by atoms with Gasteiger partial charge in [-0.05, 0) is 29.8 Å². The standard InChI is InChI=1S/C15H14N2O2.C2H6.H2/c1-10-2-3-11-4-5-13(9-12(11)8-10)17-7-6-14(18)16-15(17)19;1-2;/h2-5,8-9H,6-7H2,1H3,(H,16,18,19);1-2H3;1H. The summed E-state index contributed by atoms with van der Waals surface area (Å²) in [6, 6.07) is 11.8. The third-order valence-electron chi connectivity index (χ3n) is 3.34. The minimum Gasteiger partial charge on any atom is -0.294 e. The third kappa shape index (κ3) is 3.21. The monoisotopic (exact) mass is 286 g/mol. The highest BCUT2D eigenvalue weighted by atomic mass is 16.2. The van der Waals surface area contributed by atoms with E-state index in [1.54, 1.807) is 4.90 Å². The molecule has 0 atom stereocenters. The van der Waals surface area contributed by atoms with E-state index < -0.39 is 0 Å². The Labute approximate surface area is 126 Å². The first-order valence-electron chi connectivity index (χ1n) is 7.25. The number of fused-ring (bicyclic) bond motifs is 1. The molecule has 4 nitrogen and oxygen atoms in total. The normalized spacial score (nSPS) is 14.5. The van der Waals surface area contributed by atoms with Gasteiger partial charge in [0.05, 0.1) is 0 Å². The Morgan fingerprint density at radius 2 is 1.76 bits per heavy atom. The first kappa shape index (κ1) is 15.0. The van der Waals surface area contributed by atoms with Crippen molar-refractivity contribution in [2.24, 2.45) is 0 Å². The van der Waals surface area contributed by atoms with Crippen LogP contribution in [0.5, 0.6) is 0 Å². The second-order valence-corrected chi connectivity index (χ2v) is 4.79. The van der Waals surface area contributed by atoms with E-state index >= 15 is 0 Å². The Morgan fingerprint density at radius 3 is 2.48 bits per heavy atom. The summed E-state index contributed by atoms with van der Waals surface area (Å²) in [5.41, 5.74) is 2.01. The van der Waals surface area contributed by atoms with E-state index in [-0.39, 0.29) is 13.4 Å². The van der Waals surface area contributed by atoms with Crippen molar-refractivity contribution in [1.82, 2.24) is 5.32 Å². The number of nitrogens with one attached hydrogen (secondary N) is 1. The summed E-state index contributed by atoms with van der Waals surface area (Å²) in [5, 5.41) is 4.58. The second-order valence-electron chi connectivity index (χ2n) is 4.79. The van der Waals surface area contributed by atoms with E-state index in [1.807, 2.05) is 39.0 Å². The lowest BCUT2D eigenvalue weighted by Crippen LogP contribution is -2.49. The molecule has 1 heterocycles. The zero-order chi connectivity index (χ0) is 15.4. The van der Waals surface area contributed by atoms with E-state index in [1.165, 1.54) is 5.56 Å². The van der Waals surface area contributed by atoms with Crippen LogP contribution in [0.2, 0.25) is 0 Å². The molecule has 2 aromatic rings. The molecular formula is C17H22N2O2. The molecule has 1 fully saturated rings. The third-order valence-corrected chi connectivity index (χ3v) is 3.34. The molecule has 21 heavy (non-hydrogen) atoms. The molecule has 1 aliphatic rings. The maximum absolute atomic E-state index is 11.8. The molecule has 1 aliphatic heterocycles.